The monoisotopic (exact) mass is 247 g/mol. The van der Waals surface area contributed by atoms with Gasteiger partial charge in [0.2, 0.25) is 0 Å². The first kappa shape index (κ1) is 15.5. The van der Waals surface area contributed by atoms with Crippen molar-refractivity contribution in [1.29, 1.82) is 0 Å². The SMILES string of the molecule is C#CCOCC1(C)COC2(CCCCC2)N1.[NaH]. The van der Waals surface area contributed by atoms with Crippen molar-refractivity contribution >= 4 is 29.6 Å². The van der Waals surface area contributed by atoms with Crippen LogP contribution in [0, 0.1) is 12.3 Å². The average molecular weight is 247 g/mol. The third-order valence-electron chi connectivity index (χ3n) is 3.46. The summed E-state index contributed by atoms with van der Waals surface area (Å²) >= 11 is 0. The van der Waals surface area contributed by atoms with Crippen molar-refractivity contribution in [1.82, 2.24) is 5.32 Å². The van der Waals surface area contributed by atoms with Gasteiger partial charge >= 0.3 is 29.6 Å². The summed E-state index contributed by atoms with van der Waals surface area (Å²) in [6.45, 7) is 3.87. The molecular weight excluding hydrogens is 225 g/mol. The Kier molecular flexibility index (Phi) is 5.98. The molecule has 0 bridgehead atoms. The molecule has 1 saturated heterocycles. The fourth-order valence-corrected chi connectivity index (χ4v) is 2.72. The summed E-state index contributed by atoms with van der Waals surface area (Å²) in [5, 5.41) is 3.63. The van der Waals surface area contributed by atoms with E-state index in [0.717, 1.165) is 19.4 Å². The van der Waals surface area contributed by atoms with E-state index in [1.54, 1.807) is 0 Å². The molecule has 1 saturated carbocycles. The van der Waals surface area contributed by atoms with Crippen molar-refractivity contribution in [2.75, 3.05) is 19.8 Å². The van der Waals surface area contributed by atoms with Crippen LogP contribution in [0.5, 0.6) is 0 Å². The third kappa shape index (κ3) is 3.96. The van der Waals surface area contributed by atoms with E-state index in [-0.39, 0.29) is 40.8 Å². The Labute approximate surface area is 126 Å². The van der Waals surface area contributed by atoms with E-state index in [0.29, 0.717) is 13.2 Å². The summed E-state index contributed by atoms with van der Waals surface area (Å²) in [4.78, 5) is 0. The molecule has 1 unspecified atom stereocenters. The Balaban J connectivity index is 0.00000144. The maximum atomic E-state index is 5.98. The van der Waals surface area contributed by atoms with Crippen LogP contribution in [0.25, 0.3) is 0 Å². The molecule has 2 rings (SSSR count). The molecule has 1 N–H and O–H groups in total. The Bertz CT molecular complexity index is 284. The van der Waals surface area contributed by atoms with Crippen LogP contribution in [0.15, 0.2) is 0 Å². The van der Waals surface area contributed by atoms with Crippen LogP contribution in [-0.4, -0.2) is 60.6 Å². The molecule has 1 aliphatic carbocycles. The van der Waals surface area contributed by atoms with Crippen molar-refractivity contribution < 1.29 is 9.47 Å². The van der Waals surface area contributed by atoms with Gasteiger partial charge in [-0.05, 0) is 32.6 Å². The number of ether oxygens (including phenoxy) is 2. The van der Waals surface area contributed by atoms with Crippen LogP contribution in [0.1, 0.15) is 39.0 Å². The third-order valence-corrected chi connectivity index (χ3v) is 3.46. The van der Waals surface area contributed by atoms with Gasteiger partial charge in [-0.2, -0.15) is 0 Å². The second kappa shape index (κ2) is 6.56. The molecule has 0 aromatic rings. The fourth-order valence-electron chi connectivity index (χ4n) is 2.72. The number of terminal acetylenes is 1. The molecule has 2 aliphatic rings. The minimum absolute atomic E-state index is 0. The summed E-state index contributed by atoms with van der Waals surface area (Å²) < 4.78 is 11.4. The number of nitrogens with one attached hydrogen (secondary N) is 1. The molecule has 3 nitrogen and oxygen atoms in total. The first-order valence-electron chi connectivity index (χ1n) is 6.13. The van der Waals surface area contributed by atoms with Gasteiger partial charge in [0, 0.05) is 0 Å². The van der Waals surface area contributed by atoms with Crippen LogP contribution in [0.4, 0.5) is 0 Å². The van der Waals surface area contributed by atoms with E-state index < -0.39 is 0 Å². The van der Waals surface area contributed by atoms with Gasteiger partial charge in [0.05, 0.1) is 18.8 Å². The van der Waals surface area contributed by atoms with Crippen LogP contribution in [-0.2, 0) is 9.47 Å². The predicted octanol–water partition coefficient (Wildman–Crippen LogP) is 1.03. The molecule has 4 heteroatoms. The molecular formula is C13H22NNaO2. The van der Waals surface area contributed by atoms with Crippen LogP contribution < -0.4 is 5.32 Å². The Morgan fingerprint density at radius 2 is 2.06 bits per heavy atom. The van der Waals surface area contributed by atoms with E-state index in [4.69, 9.17) is 15.9 Å². The van der Waals surface area contributed by atoms with Crippen LogP contribution in [0.2, 0.25) is 0 Å². The van der Waals surface area contributed by atoms with Gasteiger partial charge in [-0.1, -0.05) is 12.3 Å². The molecule has 2 fully saturated rings. The van der Waals surface area contributed by atoms with Gasteiger partial charge in [0.15, 0.2) is 0 Å². The zero-order chi connectivity index (χ0) is 11.5. The Morgan fingerprint density at radius 1 is 1.35 bits per heavy atom. The molecule has 0 radical (unpaired) electrons. The summed E-state index contributed by atoms with van der Waals surface area (Å²) in [5.41, 5.74) is -0.152. The number of hydrogen-bond acceptors (Lipinski definition) is 3. The second-order valence-corrected chi connectivity index (χ2v) is 5.23. The van der Waals surface area contributed by atoms with Crippen LogP contribution >= 0.6 is 0 Å². The van der Waals surface area contributed by atoms with Gasteiger partial charge < -0.3 is 9.47 Å². The number of hydrogen-bond donors (Lipinski definition) is 1. The maximum absolute atomic E-state index is 5.98. The summed E-state index contributed by atoms with van der Waals surface area (Å²) in [6, 6.07) is 0. The normalized spacial score (nSPS) is 30.8. The second-order valence-electron chi connectivity index (χ2n) is 5.23. The van der Waals surface area contributed by atoms with E-state index in [1.807, 2.05) is 0 Å². The topological polar surface area (TPSA) is 30.5 Å². The van der Waals surface area contributed by atoms with Crippen molar-refractivity contribution in [3.8, 4) is 12.3 Å². The zero-order valence-electron chi connectivity index (χ0n) is 10.1. The van der Waals surface area contributed by atoms with E-state index in [2.05, 4.69) is 18.2 Å². The molecule has 0 aromatic heterocycles. The van der Waals surface area contributed by atoms with E-state index >= 15 is 0 Å². The molecule has 17 heavy (non-hydrogen) atoms. The standard InChI is InChI=1S/C13H21NO2.Na.H/c1-3-9-15-10-12(2)11-16-13(14-12)7-5-4-6-8-13;;/h1,14H,4-11H2,2H3;;. The quantitative estimate of drug-likeness (QED) is 0.459. The zero-order valence-corrected chi connectivity index (χ0v) is 10.1. The first-order valence-corrected chi connectivity index (χ1v) is 6.13. The molecule has 1 atom stereocenters. The predicted molar refractivity (Wildman–Crippen MR) is 70.1 cm³/mol. The molecule has 1 aliphatic heterocycles. The van der Waals surface area contributed by atoms with Gasteiger partial charge in [-0.25, -0.2) is 0 Å². The van der Waals surface area contributed by atoms with E-state index in [9.17, 15) is 0 Å². The van der Waals surface area contributed by atoms with Crippen molar-refractivity contribution in [3.05, 3.63) is 0 Å². The Hall–Kier alpha value is 0.440. The average Bonchev–Trinajstić information content (AvgIpc) is 2.58. The molecule has 1 spiro atoms. The molecule has 1 heterocycles. The molecule has 92 valence electrons. The molecule has 0 aromatic carbocycles. The summed E-state index contributed by atoms with van der Waals surface area (Å²) in [7, 11) is 0. The molecule has 0 amide bonds. The fraction of sp³-hybridized carbons (Fsp3) is 0.846. The van der Waals surface area contributed by atoms with Crippen molar-refractivity contribution in [2.24, 2.45) is 0 Å². The first-order chi connectivity index (χ1) is 7.68. The summed E-state index contributed by atoms with van der Waals surface area (Å²) in [6.07, 6.45) is 11.3. The number of rotatable bonds is 3. The minimum atomic E-state index is -0.0769. The van der Waals surface area contributed by atoms with Crippen molar-refractivity contribution in [3.63, 3.8) is 0 Å². The Morgan fingerprint density at radius 3 is 2.71 bits per heavy atom. The van der Waals surface area contributed by atoms with Gasteiger partial charge in [0.25, 0.3) is 0 Å². The van der Waals surface area contributed by atoms with Crippen molar-refractivity contribution in [2.45, 2.75) is 50.3 Å². The van der Waals surface area contributed by atoms with Gasteiger partial charge in [-0.3, -0.25) is 5.32 Å². The van der Waals surface area contributed by atoms with E-state index in [1.165, 1.54) is 19.3 Å². The van der Waals surface area contributed by atoms with Gasteiger partial charge in [0.1, 0.15) is 12.3 Å². The van der Waals surface area contributed by atoms with Gasteiger partial charge in [-0.15, -0.1) is 6.42 Å². The van der Waals surface area contributed by atoms with Crippen LogP contribution in [0.3, 0.4) is 0 Å². The summed E-state index contributed by atoms with van der Waals surface area (Å²) in [5.74, 6) is 2.49.